The maximum absolute atomic E-state index is 13.1. The van der Waals surface area contributed by atoms with E-state index in [1.807, 2.05) is 24.3 Å². The van der Waals surface area contributed by atoms with E-state index in [-0.39, 0.29) is 22.9 Å². The summed E-state index contributed by atoms with van der Waals surface area (Å²) < 4.78 is 10.5. The van der Waals surface area contributed by atoms with Gasteiger partial charge in [0.1, 0.15) is 17.2 Å². The minimum absolute atomic E-state index is 0.0452. The highest BCUT2D eigenvalue weighted by Crippen LogP contribution is 2.39. The molecular formula is C32H26N4O5. The Hall–Kier alpha value is -5.70. The number of phenolic OH excluding ortho intramolecular Hbond substituents is 1. The lowest BCUT2D eigenvalue weighted by atomic mass is 10.0. The molecule has 0 aromatic heterocycles. The number of azo groups is 1. The summed E-state index contributed by atoms with van der Waals surface area (Å²) in [6, 6.07) is 29.4. The normalized spacial score (nSPS) is 10.9. The zero-order valence-electron chi connectivity index (χ0n) is 22.3. The fourth-order valence-electron chi connectivity index (χ4n) is 4.22. The van der Waals surface area contributed by atoms with Crippen LogP contribution in [0.2, 0.25) is 0 Å². The Labute approximate surface area is 236 Å². The number of para-hydroxylation sites is 2. The summed E-state index contributed by atoms with van der Waals surface area (Å²) in [6.45, 7) is 0. The van der Waals surface area contributed by atoms with Crippen molar-refractivity contribution in [3.05, 3.63) is 114 Å². The minimum Gasteiger partial charge on any atom is -0.505 e. The van der Waals surface area contributed by atoms with Crippen molar-refractivity contribution in [1.82, 2.24) is 0 Å². The average Bonchev–Trinajstić information content (AvgIpc) is 3.01. The summed E-state index contributed by atoms with van der Waals surface area (Å²) in [5.74, 6) is 0.0152. The van der Waals surface area contributed by atoms with Gasteiger partial charge in [-0.2, -0.15) is 5.11 Å². The van der Waals surface area contributed by atoms with Crippen LogP contribution in [0.15, 0.2) is 113 Å². The third kappa shape index (κ3) is 5.99. The number of hydrogen-bond donors (Lipinski definition) is 3. The van der Waals surface area contributed by atoms with Crippen molar-refractivity contribution >= 4 is 45.3 Å². The molecule has 0 spiro atoms. The van der Waals surface area contributed by atoms with Gasteiger partial charge in [0, 0.05) is 22.7 Å². The molecule has 204 valence electrons. The van der Waals surface area contributed by atoms with Crippen LogP contribution in [0.25, 0.3) is 10.8 Å². The van der Waals surface area contributed by atoms with Crippen LogP contribution in [-0.2, 0) is 0 Å². The number of carbonyl (C=O) groups is 2. The monoisotopic (exact) mass is 546 g/mol. The Balaban J connectivity index is 1.40. The van der Waals surface area contributed by atoms with Crippen LogP contribution in [-0.4, -0.2) is 31.1 Å². The number of fused-ring (bicyclic) bond motifs is 1. The van der Waals surface area contributed by atoms with Gasteiger partial charge in [-0.15, -0.1) is 5.11 Å². The summed E-state index contributed by atoms with van der Waals surface area (Å²) >= 11 is 0. The molecule has 5 aromatic rings. The molecule has 5 rings (SSSR count). The van der Waals surface area contributed by atoms with Crippen molar-refractivity contribution < 1.29 is 24.2 Å². The highest BCUT2D eigenvalue weighted by Gasteiger charge is 2.19. The zero-order chi connectivity index (χ0) is 28.8. The first-order valence-corrected chi connectivity index (χ1v) is 12.6. The third-order valence-corrected chi connectivity index (χ3v) is 6.32. The van der Waals surface area contributed by atoms with Gasteiger partial charge in [-0.3, -0.25) is 9.59 Å². The van der Waals surface area contributed by atoms with Crippen molar-refractivity contribution in [2.45, 2.75) is 0 Å². The molecule has 5 aromatic carbocycles. The fraction of sp³-hybridized carbons (Fsp3) is 0.0625. The molecule has 0 radical (unpaired) electrons. The number of benzene rings is 5. The number of nitrogens with one attached hydrogen (secondary N) is 2. The second-order valence-electron chi connectivity index (χ2n) is 8.93. The molecule has 0 saturated heterocycles. The Bertz CT molecular complexity index is 1770. The topological polar surface area (TPSA) is 122 Å². The van der Waals surface area contributed by atoms with Gasteiger partial charge in [0.05, 0.1) is 31.2 Å². The van der Waals surface area contributed by atoms with E-state index < -0.39 is 5.91 Å². The van der Waals surface area contributed by atoms with Crippen molar-refractivity contribution in [1.29, 1.82) is 0 Å². The first-order valence-electron chi connectivity index (χ1n) is 12.6. The van der Waals surface area contributed by atoms with Crippen molar-refractivity contribution in [2.75, 3.05) is 24.9 Å². The molecule has 0 heterocycles. The first-order chi connectivity index (χ1) is 20.0. The molecule has 0 bridgehead atoms. The van der Waals surface area contributed by atoms with Gasteiger partial charge in [0.2, 0.25) is 0 Å². The third-order valence-electron chi connectivity index (χ3n) is 6.32. The Kier molecular flexibility index (Phi) is 7.87. The van der Waals surface area contributed by atoms with E-state index in [0.717, 1.165) is 0 Å². The maximum atomic E-state index is 13.1. The quantitative estimate of drug-likeness (QED) is 0.174. The van der Waals surface area contributed by atoms with E-state index in [1.165, 1.54) is 14.2 Å². The predicted molar refractivity (Wildman–Crippen MR) is 158 cm³/mol. The molecule has 0 saturated carbocycles. The molecule has 9 nitrogen and oxygen atoms in total. The van der Waals surface area contributed by atoms with Gasteiger partial charge in [-0.05, 0) is 60.0 Å². The smallest absolute Gasteiger partial charge is 0.259 e. The number of hydrogen-bond acceptors (Lipinski definition) is 7. The number of aromatic hydroxyl groups is 1. The van der Waals surface area contributed by atoms with E-state index in [0.29, 0.717) is 44.9 Å². The highest BCUT2D eigenvalue weighted by atomic mass is 16.5. The summed E-state index contributed by atoms with van der Waals surface area (Å²) in [4.78, 5) is 25.9. The first kappa shape index (κ1) is 26.9. The largest absolute Gasteiger partial charge is 0.505 e. The van der Waals surface area contributed by atoms with E-state index in [1.54, 1.807) is 78.9 Å². The number of ether oxygens (including phenoxy) is 2. The van der Waals surface area contributed by atoms with Gasteiger partial charge in [0.25, 0.3) is 11.8 Å². The van der Waals surface area contributed by atoms with Crippen molar-refractivity contribution in [3.63, 3.8) is 0 Å². The molecule has 3 N–H and O–H groups in total. The minimum atomic E-state index is -0.511. The number of methoxy groups -OCH3 is 2. The summed E-state index contributed by atoms with van der Waals surface area (Å²) in [5.41, 5.74) is 2.13. The molecule has 0 atom stereocenters. The van der Waals surface area contributed by atoms with Crippen LogP contribution < -0.4 is 20.1 Å². The van der Waals surface area contributed by atoms with E-state index >= 15 is 0 Å². The second-order valence-corrected chi connectivity index (χ2v) is 8.93. The Morgan fingerprint density at radius 2 is 1.49 bits per heavy atom. The van der Waals surface area contributed by atoms with Gasteiger partial charge >= 0.3 is 0 Å². The number of rotatable bonds is 8. The van der Waals surface area contributed by atoms with E-state index in [4.69, 9.17) is 9.47 Å². The molecule has 0 aliphatic carbocycles. The SMILES string of the molecule is COc1cccc(NC(=O)c2cc3ccccc3c(N=Nc3ccc(C(=O)Nc4ccccc4OC)cc3)c2O)c1. The van der Waals surface area contributed by atoms with Crippen LogP contribution >= 0.6 is 0 Å². The molecule has 9 heteroatoms. The molecule has 41 heavy (non-hydrogen) atoms. The maximum Gasteiger partial charge on any atom is 0.259 e. The number of carbonyl (C=O) groups excluding carboxylic acids is 2. The number of nitrogens with zero attached hydrogens (tertiary/aromatic N) is 2. The molecular weight excluding hydrogens is 520 g/mol. The molecule has 0 unspecified atom stereocenters. The summed E-state index contributed by atoms with van der Waals surface area (Å²) in [5, 5.41) is 26.6. The zero-order valence-corrected chi connectivity index (χ0v) is 22.3. The molecule has 0 fully saturated rings. The number of anilines is 2. The Morgan fingerprint density at radius 1 is 0.732 bits per heavy atom. The lowest BCUT2D eigenvalue weighted by Crippen LogP contribution is -2.12. The van der Waals surface area contributed by atoms with Crippen LogP contribution in [0.1, 0.15) is 20.7 Å². The predicted octanol–water partition coefficient (Wildman–Crippen LogP) is 7.48. The van der Waals surface area contributed by atoms with Gasteiger partial charge in [-0.25, -0.2) is 0 Å². The Morgan fingerprint density at radius 3 is 2.27 bits per heavy atom. The van der Waals surface area contributed by atoms with Crippen molar-refractivity contribution in [3.8, 4) is 17.2 Å². The fourth-order valence-corrected chi connectivity index (χ4v) is 4.22. The van der Waals surface area contributed by atoms with Crippen LogP contribution in [0.3, 0.4) is 0 Å². The van der Waals surface area contributed by atoms with Gasteiger partial charge in [-0.1, -0.05) is 42.5 Å². The van der Waals surface area contributed by atoms with Crippen LogP contribution in [0, 0.1) is 0 Å². The highest BCUT2D eigenvalue weighted by molar-refractivity contribution is 6.11. The molecule has 2 amide bonds. The standard InChI is InChI=1S/C32H26N4O5/c1-40-24-10-7-9-23(19-24)33-32(39)26-18-21-8-3-4-11-25(21)29(30(26)37)36-35-22-16-14-20(15-17-22)31(38)34-27-12-5-6-13-28(27)41-2/h3-19,37H,1-2H3,(H,33,39)(H,34,38). The van der Waals surface area contributed by atoms with E-state index in [2.05, 4.69) is 20.9 Å². The van der Waals surface area contributed by atoms with Crippen molar-refractivity contribution in [2.24, 2.45) is 10.2 Å². The summed E-state index contributed by atoms with van der Waals surface area (Å²) in [7, 11) is 3.08. The second kappa shape index (κ2) is 12.0. The van der Waals surface area contributed by atoms with Gasteiger partial charge < -0.3 is 25.2 Å². The molecule has 0 aliphatic heterocycles. The lowest BCUT2D eigenvalue weighted by Gasteiger charge is -2.12. The van der Waals surface area contributed by atoms with E-state index in [9.17, 15) is 14.7 Å². The van der Waals surface area contributed by atoms with Crippen LogP contribution in [0.4, 0.5) is 22.7 Å². The lowest BCUT2D eigenvalue weighted by molar-refractivity contribution is 0.101. The van der Waals surface area contributed by atoms with Gasteiger partial charge in [0.15, 0.2) is 5.75 Å². The molecule has 0 aliphatic rings. The van der Waals surface area contributed by atoms with Crippen LogP contribution in [0.5, 0.6) is 17.2 Å². The number of phenols is 1. The average molecular weight is 547 g/mol. The summed E-state index contributed by atoms with van der Waals surface area (Å²) in [6.07, 6.45) is 0. The number of amides is 2.